The molecule has 4 aliphatic rings. The number of ether oxygens (including phenoxy) is 2. The molecule has 0 aromatic heterocycles. The molecular weight excluding hydrogens is 376 g/mol. The summed E-state index contributed by atoms with van der Waals surface area (Å²) in [5, 5.41) is 0. The maximum atomic E-state index is 13.1. The van der Waals surface area contributed by atoms with Gasteiger partial charge in [-0.25, -0.2) is 4.79 Å². The number of carbonyl (C=O) groups excluding carboxylic acids is 1. The fraction of sp³-hybridized carbons (Fsp3) is 0.636. The molecule has 3 heterocycles. The summed E-state index contributed by atoms with van der Waals surface area (Å²) in [6, 6.07) is 8.50. The molecule has 1 aromatic rings. The van der Waals surface area contributed by atoms with Crippen molar-refractivity contribution in [3.05, 3.63) is 29.8 Å². The minimum atomic E-state index is -1.23. The number of halogens is 1. The highest BCUT2D eigenvalue weighted by atomic mass is 35.5. The molecule has 3 fully saturated rings. The van der Waals surface area contributed by atoms with E-state index in [4.69, 9.17) is 26.1 Å². The van der Waals surface area contributed by atoms with E-state index < -0.39 is 10.3 Å². The van der Waals surface area contributed by atoms with Crippen molar-refractivity contribution in [2.75, 3.05) is 20.8 Å². The molecule has 0 bridgehead atoms. The first-order valence-corrected chi connectivity index (χ1v) is 10.6. The molecule has 28 heavy (non-hydrogen) atoms. The highest BCUT2D eigenvalue weighted by Crippen LogP contribution is 2.67. The number of aliphatic imine (C=N–C) groups is 1. The standard InChI is InChI=1S/C22H27ClN2O3/c1-4-20-10-7-11-25-16(27-2)12-21(18(20)25)14-8-5-6-9-15(14)24-17(21)22(23,13-20)19(26)28-3/h5-6,8-9,16,18H,4,7,10-13H2,1-3H3/t16-,18-,20-,21-,22+/m0/s1. The maximum absolute atomic E-state index is 13.1. The maximum Gasteiger partial charge on any atom is 0.332 e. The third-order valence-corrected chi connectivity index (χ3v) is 8.30. The van der Waals surface area contributed by atoms with Crippen molar-refractivity contribution in [1.82, 2.24) is 4.90 Å². The number of rotatable bonds is 3. The molecule has 1 aliphatic carbocycles. The number of esters is 1. The minimum absolute atomic E-state index is 0.00393. The Morgan fingerprint density at radius 1 is 1.36 bits per heavy atom. The van der Waals surface area contributed by atoms with Crippen LogP contribution in [0.25, 0.3) is 0 Å². The number of alkyl halides is 1. The molecule has 1 saturated carbocycles. The zero-order valence-electron chi connectivity index (χ0n) is 16.7. The summed E-state index contributed by atoms with van der Waals surface area (Å²) in [6.07, 6.45) is 4.46. The topological polar surface area (TPSA) is 51.1 Å². The Hall–Kier alpha value is -1.43. The van der Waals surface area contributed by atoms with E-state index >= 15 is 0 Å². The Morgan fingerprint density at radius 3 is 2.86 bits per heavy atom. The number of hydrogen-bond donors (Lipinski definition) is 0. The largest absolute Gasteiger partial charge is 0.467 e. The second kappa shape index (κ2) is 6.04. The van der Waals surface area contributed by atoms with Crippen LogP contribution in [-0.2, 0) is 19.7 Å². The lowest BCUT2D eigenvalue weighted by Gasteiger charge is -2.59. The van der Waals surface area contributed by atoms with Gasteiger partial charge >= 0.3 is 5.97 Å². The first-order chi connectivity index (χ1) is 13.5. The van der Waals surface area contributed by atoms with E-state index in [1.807, 2.05) is 12.1 Å². The molecule has 0 N–H and O–H groups in total. The molecule has 0 unspecified atom stereocenters. The number of nitrogens with zero attached hydrogens (tertiary/aromatic N) is 2. The van der Waals surface area contributed by atoms with Crippen molar-refractivity contribution < 1.29 is 14.3 Å². The van der Waals surface area contributed by atoms with E-state index in [-0.39, 0.29) is 23.7 Å². The highest BCUT2D eigenvalue weighted by molar-refractivity contribution is 6.49. The monoisotopic (exact) mass is 402 g/mol. The molecule has 1 spiro atoms. The predicted octanol–water partition coefficient (Wildman–Crippen LogP) is 3.80. The van der Waals surface area contributed by atoms with E-state index in [1.54, 1.807) is 7.11 Å². The summed E-state index contributed by atoms with van der Waals surface area (Å²) in [6.45, 7) is 3.24. The van der Waals surface area contributed by atoms with E-state index in [2.05, 4.69) is 24.0 Å². The molecule has 0 amide bonds. The number of carbonyl (C=O) groups is 1. The van der Waals surface area contributed by atoms with Crippen LogP contribution in [0.5, 0.6) is 0 Å². The van der Waals surface area contributed by atoms with Crippen molar-refractivity contribution in [2.24, 2.45) is 10.4 Å². The van der Waals surface area contributed by atoms with Gasteiger partial charge in [0.25, 0.3) is 0 Å². The van der Waals surface area contributed by atoms with E-state index in [0.29, 0.717) is 6.42 Å². The van der Waals surface area contributed by atoms with Gasteiger partial charge in [-0.3, -0.25) is 9.89 Å². The van der Waals surface area contributed by atoms with Crippen LogP contribution in [0.2, 0.25) is 0 Å². The van der Waals surface area contributed by atoms with E-state index in [9.17, 15) is 4.79 Å². The minimum Gasteiger partial charge on any atom is -0.467 e. The lowest BCUT2D eigenvalue weighted by molar-refractivity contribution is -0.145. The van der Waals surface area contributed by atoms with Gasteiger partial charge in [0.1, 0.15) is 6.23 Å². The zero-order chi connectivity index (χ0) is 19.7. The summed E-state index contributed by atoms with van der Waals surface area (Å²) >= 11 is 7.22. The second-order valence-corrected chi connectivity index (χ2v) is 9.42. The second-order valence-electron chi connectivity index (χ2n) is 8.77. The van der Waals surface area contributed by atoms with Crippen molar-refractivity contribution in [3.63, 3.8) is 0 Å². The van der Waals surface area contributed by atoms with Crippen LogP contribution in [0, 0.1) is 5.41 Å². The fourth-order valence-electron chi connectivity index (χ4n) is 6.87. The fourth-order valence-corrected chi connectivity index (χ4v) is 7.43. The predicted molar refractivity (Wildman–Crippen MR) is 108 cm³/mol. The molecule has 6 heteroatoms. The van der Waals surface area contributed by atoms with Crippen molar-refractivity contribution in [2.45, 2.75) is 61.6 Å². The van der Waals surface area contributed by atoms with Crippen LogP contribution in [0.1, 0.15) is 44.6 Å². The Kier molecular flexibility index (Phi) is 4.01. The lowest BCUT2D eigenvalue weighted by Crippen LogP contribution is -2.69. The summed E-state index contributed by atoms with van der Waals surface area (Å²) in [5.74, 6) is -0.385. The van der Waals surface area contributed by atoms with Gasteiger partial charge in [0, 0.05) is 26.1 Å². The number of fused-ring (bicyclic) bond motifs is 1. The molecule has 5 nitrogen and oxygen atoms in total. The molecule has 5 atom stereocenters. The van der Waals surface area contributed by atoms with Crippen LogP contribution in [0.4, 0.5) is 5.69 Å². The Labute approximate surface area is 171 Å². The highest BCUT2D eigenvalue weighted by Gasteiger charge is 2.74. The Morgan fingerprint density at radius 2 is 2.14 bits per heavy atom. The van der Waals surface area contributed by atoms with Gasteiger partial charge < -0.3 is 9.47 Å². The van der Waals surface area contributed by atoms with Gasteiger partial charge in [-0.15, -0.1) is 0 Å². The van der Waals surface area contributed by atoms with Crippen LogP contribution < -0.4 is 0 Å². The van der Waals surface area contributed by atoms with Crippen LogP contribution in [-0.4, -0.2) is 54.5 Å². The molecule has 5 rings (SSSR count). The first kappa shape index (κ1) is 18.6. The van der Waals surface area contributed by atoms with Gasteiger partial charge in [-0.1, -0.05) is 36.7 Å². The number of piperidine rings is 1. The number of methoxy groups -OCH3 is 2. The van der Waals surface area contributed by atoms with Gasteiger partial charge in [0.2, 0.25) is 0 Å². The molecular formula is C22H27ClN2O3. The quantitative estimate of drug-likeness (QED) is 0.570. The van der Waals surface area contributed by atoms with E-state index in [0.717, 1.165) is 43.6 Å². The van der Waals surface area contributed by atoms with Crippen molar-refractivity contribution >= 4 is 29.0 Å². The normalized spacial score (nSPS) is 41.1. The van der Waals surface area contributed by atoms with Gasteiger partial charge in [-0.05, 0) is 42.7 Å². The van der Waals surface area contributed by atoms with Gasteiger partial charge in [-0.2, -0.15) is 0 Å². The smallest absolute Gasteiger partial charge is 0.332 e. The van der Waals surface area contributed by atoms with Gasteiger partial charge in [0.15, 0.2) is 4.87 Å². The lowest BCUT2D eigenvalue weighted by atomic mass is 9.50. The average Bonchev–Trinajstić information content (AvgIpc) is 3.25. The first-order valence-electron chi connectivity index (χ1n) is 10.2. The Balaban J connectivity index is 1.82. The van der Waals surface area contributed by atoms with Crippen LogP contribution in [0.15, 0.2) is 29.3 Å². The van der Waals surface area contributed by atoms with Crippen LogP contribution >= 0.6 is 11.6 Å². The molecule has 1 aromatic carbocycles. The van der Waals surface area contributed by atoms with Crippen molar-refractivity contribution in [1.29, 1.82) is 0 Å². The SMILES string of the molecule is CC[C@]12CCCN3[C@@H](OC)C[C@]4(C(=Nc5ccccc54)[C@@](Cl)(C(=O)OC)C1)[C@@H]32. The number of hydrogen-bond acceptors (Lipinski definition) is 5. The summed E-state index contributed by atoms with van der Waals surface area (Å²) in [5.41, 5.74) is 2.42. The molecule has 2 saturated heterocycles. The number of para-hydroxylation sites is 1. The average molecular weight is 403 g/mol. The summed E-state index contributed by atoms with van der Waals surface area (Å²) in [7, 11) is 3.21. The molecule has 0 radical (unpaired) electrons. The summed E-state index contributed by atoms with van der Waals surface area (Å²) in [4.78, 5) is 19.3. The van der Waals surface area contributed by atoms with Crippen molar-refractivity contribution in [3.8, 4) is 0 Å². The van der Waals surface area contributed by atoms with E-state index in [1.165, 1.54) is 12.7 Å². The Bertz CT molecular complexity index is 873. The van der Waals surface area contributed by atoms with Crippen LogP contribution in [0.3, 0.4) is 0 Å². The molecule has 3 aliphatic heterocycles. The van der Waals surface area contributed by atoms with Gasteiger partial charge in [0.05, 0.1) is 23.9 Å². The molecule has 150 valence electrons. The third kappa shape index (κ3) is 2.00. The zero-order valence-corrected chi connectivity index (χ0v) is 17.5. The summed E-state index contributed by atoms with van der Waals surface area (Å²) < 4.78 is 11.2. The third-order valence-electron chi connectivity index (χ3n) is 7.83. The number of benzene rings is 1.